The van der Waals surface area contributed by atoms with E-state index in [-0.39, 0.29) is 0 Å². The van der Waals surface area contributed by atoms with Crippen LogP contribution < -0.4 is 0 Å². The van der Waals surface area contributed by atoms with Gasteiger partial charge in [0.15, 0.2) is 0 Å². The van der Waals surface area contributed by atoms with Crippen molar-refractivity contribution in [3.8, 4) is 0 Å². The lowest BCUT2D eigenvalue weighted by atomic mass is 10.4. The van der Waals surface area contributed by atoms with E-state index in [0.29, 0.717) is 0 Å². The monoisotopic (exact) mass is 208 g/mol. The standard InChI is InChI=1S/C6H9I/c1-2-3-4-5-6-7/h2-3,5-6H,4H2,1H3. The van der Waals surface area contributed by atoms with Gasteiger partial charge in [0.05, 0.1) is 0 Å². The van der Waals surface area contributed by atoms with Gasteiger partial charge in [0, 0.05) is 0 Å². The van der Waals surface area contributed by atoms with Gasteiger partial charge in [0.2, 0.25) is 0 Å². The highest BCUT2D eigenvalue weighted by molar-refractivity contribution is 14.1. The minimum Gasteiger partial charge on any atom is -0.0914 e. The van der Waals surface area contributed by atoms with Gasteiger partial charge < -0.3 is 0 Å². The van der Waals surface area contributed by atoms with Gasteiger partial charge in [0.25, 0.3) is 0 Å². The van der Waals surface area contributed by atoms with Crippen molar-refractivity contribution in [1.82, 2.24) is 0 Å². The first-order valence-corrected chi connectivity index (χ1v) is 3.52. The molecule has 40 valence electrons. The summed E-state index contributed by atoms with van der Waals surface area (Å²) < 4.78 is 2.03. The molecule has 0 saturated carbocycles. The van der Waals surface area contributed by atoms with Crippen LogP contribution in [0.15, 0.2) is 22.3 Å². The van der Waals surface area contributed by atoms with Gasteiger partial charge in [-0.1, -0.05) is 40.8 Å². The summed E-state index contributed by atoms with van der Waals surface area (Å²) in [6, 6.07) is 0. The quantitative estimate of drug-likeness (QED) is 0.483. The van der Waals surface area contributed by atoms with E-state index >= 15 is 0 Å². The second-order valence-corrected chi connectivity index (χ2v) is 1.89. The molecule has 7 heavy (non-hydrogen) atoms. The van der Waals surface area contributed by atoms with Crippen molar-refractivity contribution in [2.75, 3.05) is 0 Å². The van der Waals surface area contributed by atoms with Crippen LogP contribution in [0.2, 0.25) is 0 Å². The minimum absolute atomic E-state index is 1.07. The molecule has 0 heterocycles. The van der Waals surface area contributed by atoms with E-state index in [1.807, 2.05) is 11.0 Å². The Hall–Kier alpha value is 0.210. The molecular formula is C6H9I. The zero-order chi connectivity index (χ0) is 5.54. The highest BCUT2D eigenvalue weighted by Gasteiger charge is 1.62. The fourth-order valence-electron chi connectivity index (χ4n) is 0.266. The Labute approximate surface area is 58.4 Å². The van der Waals surface area contributed by atoms with E-state index in [1.54, 1.807) is 0 Å². The molecule has 0 N–H and O–H groups in total. The Morgan fingerprint density at radius 1 is 1.43 bits per heavy atom. The van der Waals surface area contributed by atoms with Gasteiger partial charge in [-0.3, -0.25) is 0 Å². The first-order valence-electron chi connectivity index (χ1n) is 2.28. The third-order valence-electron chi connectivity index (χ3n) is 0.597. The van der Waals surface area contributed by atoms with Crippen LogP contribution in [0.3, 0.4) is 0 Å². The van der Waals surface area contributed by atoms with E-state index in [0.717, 1.165) is 6.42 Å². The van der Waals surface area contributed by atoms with Crippen molar-refractivity contribution in [3.05, 3.63) is 22.3 Å². The summed E-state index contributed by atoms with van der Waals surface area (Å²) in [5.41, 5.74) is 0. The van der Waals surface area contributed by atoms with Crippen LogP contribution in [0, 0.1) is 0 Å². The number of hydrogen-bond donors (Lipinski definition) is 0. The number of rotatable bonds is 2. The number of allylic oxidation sites excluding steroid dienone is 3. The lowest BCUT2D eigenvalue weighted by Gasteiger charge is -1.72. The van der Waals surface area contributed by atoms with Crippen LogP contribution >= 0.6 is 22.6 Å². The zero-order valence-electron chi connectivity index (χ0n) is 4.39. The molecule has 0 fully saturated rings. The van der Waals surface area contributed by atoms with Gasteiger partial charge in [-0.15, -0.1) is 0 Å². The van der Waals surface area contributed by atoms with Crippen LogP contribution in [0.5, 0.6) is 0 Å². The van der Waals surface area contributed by atoms with Crippen molar-refractivity contribution in [1.29, 1.82) is 0 Å². The van der Waals surface area contributed by atoms with E-state index < -0.39 is 0 Å². The summed E-state index contributed by atoms with van der Waals surface area (Å²) >= 11 is 2.21. The predicted octanol–water partition coefficient (Wildman–Crippen LogP) is 2.90. The molecule has 0 aromatic rings. The average Bonchev–Trinajstić information content (AvgIpc) is 1.69. The molecule has 0 bridgehead atoms. The summed E-state index contributed by atoms with van der Waals surface area (Å²) in [6.45, 7) is 2.03. The molecule has 0 unspecified atom stereocenters. The summed E-state index contributed by atoms with van der Waals surface area (Å²) in [6.07, 6.45) is 7.35. The van der Waals surface area contributed by atoms with Crippen LogP contribution in [0.1, 0.15) is 13.3 Å². The maximum atomic E-state index is 2.21. The summed E-state index contributed by atoms with van der Waals surface area (Å²) in [4.78, 5) is 0. The Morgan fingerprint density at radius 2 is 2.14 bits per heavy atom. The fourth-order valence-corrected chi connectivity index (χ4v) is 0.560. The normalized spacial score (nSPS) is 11.7. The molecule has 0 atom stereocenters. The topological polar surface area (TPSA) is 0 Å². The molecule has 0 aromatic heterocycles. The predicted molar refractivity (Wildman–Crippen MR) is 42.6 cm³/mol. The third-order valence-corrected chi connectivity index (χ3v) is 1.11. The Morgan fingerprint density at radius 3 is 2.57 bits per heavy atom. The second kappa shape index (κ2) is 6.21. The number of halogens is 1. The zero-order valence-corrected chi connectivity index (χ0v) is 6.55. The summed E-state index contributed by atoms with van der Waals surface area (Å²) in [5, 5.41) is 0. The molecule has 0 aromatic carbocycles. The highest BCUT2D eigenvalue weighted by Crippen LogP contribution is 1.89. The molecular weight excluding hydrogens is 199 g/mol. The van der Waals surface area contributed by atoms with Crippen LogP contribution in [-0.4, -0.2) is 0 Å². The molecule has 0 rings (SSSR count). The first kappa shape index (κ1) is 7.21. The first-order chi connectivity index (χ1) is 3.41. The minimum atomic E-state index is 1.07. The smallest absolute Gasteiger partial charge is 0.0162 e. The van der Waals surface area contributed by atoms with E-state index in [1.165, 1.54) is 0 Å². The van der Waals surface area contributed by atoms with E-state index in [9.17, 15) is 0 Å². The van der Waals surface area contributed by atoms with Crippen LogP contribution in [0.4, 0.5) is 0 Å². The van der Waals surface area contributed by atoms with Gasteiger partial charge in [0.1, 0.15) is 0 Å². The van der Waals surface area contributed by atoms with Crippen molar-refractivity contribution in [2.45, 2.75) is 13.3 Å². The lowest BCUT2D eigenvalue weighted by molar-refractivity contribution is 1.39. The SMILES string of the molecule is CC=CCC=CI. The Kier molecular flexibility index (Phi) is 6.40. The Bertz CT molecular complexity index is 62.2. The molecule has 0 spiro atoms. The fraction of sp³-hybridized carbons (Fsp3) is 0.333. The van der Waals surface area contributed by atoms with Gasteiger partial charge in [-0.25, -0.2) is 0 Å². The molecule has 1 heteroatoms. The molecule has 0 aliphatic carbocycles. The third kappa shape index (κ3) is 6.21. The molecule has 0 amide bonds. The van der Waals surface area contributed by atoms with Crippen molar-refractivity contribution in [2.24, 2.45) is 0 Å². The highest BCUT2D eigenvalue weighted by atomic mass is 127. The summed E-state index contributed by atoms with van der Waals surface area (Å²) in [7, 11) is 0. The molecule has 0 radical (unpaired) electrons. The molecule has 0 aliphatic heterocycles. The van der Waals surface area contributed by atoms with E-state index in [2.05, 4.69) is 40.8 Å². The number of hydrogen-bond acceptors (Lipinski definition) is 0. The second-order valence-electron chi connectivity index (χ2n) is 1.17. The van der Waals surface area contributed by atoms with Gasteiger partial charge in [-0.05, 0) is 17.4 Å². The largest absolute Gasteiger partial charge is 0.0914 e. The van der Waals surface area contributed by atoms with Crippen molar-refractivity contribution < 1.29 is 0 Å². The van der Waals surface area contributed by atoms with Crippen LogP contribution in [-0.2, 0) is 0 Å². The summed E-state index contributed by atoms with van der Waals surface area (Å²) in [5.74, 6) is 0. The van der Waals surface area contributed by atoms with Crippen molar-refractivity contribution in [3.63, 3.8) is 0 Å². The maximum Gasteiger partial charge on any atom is -0.0162 e. The molecule has 0 aliphatic rings. The molecule has 0 nitrogen and oxygen atoms in total. The van der Waals surface area contributed by atoms with Gasteiger partial charge >= 0.3 is 0 Å². The lowest BCUT2D eigenvalue weighted by Crippen LogP contribution is -1.50. The van der Waals surface area contributed by atoms with Gasteiger partial charge in [-0.2, -0.15) is 0 Å². The molecule has 0 saturated heterocycles. The maximum absolute atomic E-state index is 2.21. The van der Waals surface area contributed by atoms with Crippen molar-refractivity contribution >= 4 is 22.6 Å². The van der Waals surface area contributed by atoms with Crippen LogP contribution in [0.25, 0.3) is 0 Å². The average molecular weight is 208 g/mol. The Balaban J connectivity index is 2.98. The van der Waals surface area contributed by atoms with E-state index in [4.69, 9.17) is 0 Å².